The maximum Gasteiger partial charge on any atom is 0.164 e. The first-order valence-corrected chi connectivity index (χ1v) is 13.1. The van der Waals surface area contributed by atoms with Gasteiger partial charge in [-0.25, -0.2) is 0 Å². The molecule has 0 fully saturated rings. The number of pyridine rings is 1. The molecule has 0 atom stereocenters. The molecule has 4 aromatic rings. The normalized spacial score (nSPS) is 12.1. The fraction of sp³-hybridized carbons (Fsp3) is 0.353. The van der Waals surface area contributed by atoms with Crippen molar-refractivity contribution in [2.75, 3.05) is 0 Å². The number of aryl methyl sites for hydroxylation is 2. The van der Waals surface area contributed by atoms with Crippen molar-refractivity contribution in [3.63, 3.8) is 0 Å². The zero-order valence-electron chi connectivity index (χ0n) is 23.9. The fourth-order valence-corrected chi connectivity index (χ4v) is 3.93. The number of allylic oxidation sites excluding steroid dienone is 2. The van der Waals surface area contributed by atoms with E-state index in [1.807, 2.05) is 47.7 Å². The van der Waals surface area contributed by atoms with Crippen LogP contribution < -0.4 is 0 Å². The van der Waals surface area contributed by atoms with Crippen molar-refractivity contribution >= 4 is 27.3 Å². The largest absolute Gasteiger partial charge is 0.512 e. The third kappa shape index (κ3) is 7.62. The Morgan fingerprint density at radius 3 is 2.16 bits per heavy atom. The number of ketones is 1. The predicted molar refractivity (Wildman–Crippen MR) is 157 cm³/mol. The summed E-state index contributed by atoms with van der Waals surface area (Å²) >= 11 is 0. The Kier molecular flexibility index (Phi) is 10.6. The zero-order chi connectivity index (χ0) is 27.4. The van der Waals surface area contributed by atoms with Crippen molar-refractivity contribution in [3.05, 3.63) is 89.8 Å². The molecular weight excluding hydrogens is 647 g/mol. The van der Waals surface area contributed by atoms with Crippen molar-refractivity contribution in [3.8, 4) is 11.3 Å². The summed E-state index contributed by atoms with van der Waals surface area (Å²) in [6.45, 7) is 15.5. The molecular formula is C34H40IrNO2-. The third-order valence-electron chi connectivity index (χ3n) is 6.47. The molecule has 0 aliphatic rings. The van der Waals surface area contributed by atoms with Crippen LogP contribution in [0.5, 0.6) is 0 Å². The summed E-state index contributed by atoms with van der Waals surface area (Å²) in [6, 6.07) is 23.1. The summed E-state index contributed by atoms with van der Waals surface area (Å²) in [5.74, 6) is 0.104. The third-order valence-corrected chi connectivity index (χ3v) is 6.47. The number of fused-ring (bicyclic) bond motifs is 3. The topological polar surface area (TPSA) is 50.2 Å². The number of aliphatic hydroxyl groups excluding tert-OH is 1. The van der Waals surface area contributed by atoms with Crippen LogP contribution in [0.15, 0.2) is 72.6 Å². The van der Waals surface area contributed by atoms with Crippen molar-refractivity contribution in [1.29, 1.82) is 0 Å². The van der Waals surface area contributed by atoms with Gasteiger partial charge in [-0.2, -0.15) is 0 Å². The van der Waals surface area contributed by atoms with Crippen LogP contribution in [0.4, 0.5) is 0 Å². The van der Waals surface area contributed by atoms with E-state index in [4.69, 9.17) is 4.98 Å². The van der Waals surface area contributed by atoms with Gasteiger partial charge in [0, 0.05) is 43.2 Å². The molecule has 0 amide bonds. The minimum absolute atomic E-state index is 0. The summed E-state index contributed by atoms with van der Waals surface area (Å²) < 4.78 is 0. The fourth-order valence-electron chi connectivity index (χ4n) is 3.93. The number of hydrogen-bond acceptors (Lipinski definition) is 3. The molecule has 4 heteroatoms. The molecule has 0 unspecified atom stereocenters. The molecule has 0 saturated carbocycles. The minimum Gasteiger partial charge on any atom is -0.512 e. The number of aromatic nitrogens is 1. The van der Waals surface area contributed by atoms with Gasteiger partial charge in [0.25, 0.3) is 0 Å². The van der Waals surface area contributed by atoms with E-state index in [9.17, 15) is 9.90 Å². The van der Waals surface area contributed by atoms with Crippen LogP contribution in [-0.4, -0.2) is 15.9 Å². The summed E-state index contributed by atoms with van der Waals surface area (Å²) in [7, 11) is 0. The number of nitrogens with zero attached hydrogens (tertiary/aromatic N) is 1. The Morgan fingerprint density at radius 1 is 0.868 bits per heavy atom. The first-order valence-electron chi connectivity index (χ1n) is 13.1. The van der Waals surface area contributed by atoms with Gasteiger partial charge in [0.15, 0.2) is 5.78 Å². The average Bonchev–Trinajstić information content (AvgIpc) is 2.87. The maximum atomic E-state index is 11.5. The molecule has 1 radical (unpaired) electrons. The molecule has 0 aliphatic heterocycles. The number of carbonyl (C=O) groups is 1. The average molecular weight is 687 g/mol. The van der Waals surface area contributed by atoms with Crippen LogP contribution >= 0.6 is 0 Å². The quantitative estimate of drug-likeness (QED) is 0.101. The Morgan fingerprint density at radius 2 is 1.55 bits per heavy atom. The predicted octanol–water partition coefficient (Wildman–Crippen LogP) is 9.07. The van der Waals surface area contributed by atoms with Crippen molar-refractivity contribution < 1.29 is 30.0 Å². The van der Waals surface area contributed by atoms with Crippen molar-refractivity contribution in [1.82, 2.24) is 4.98 Å². The van der Waals surface area contributed by atoms with Crippen LogP contribution in [0.3, 0.4) is 0 Å². The Balaban J connectivity index is 0.000000313. The number of rotatable bonds is 4. The zero-order valence-corrected chi connectivity index (χ0v) is 26.3. The van der Waals surface area contributed by atoms with E-state index < -0.39 is 5.41 Å². The number of hydrogen-bond donors (Lipinski definition) is 1. The molecule has 3 nitrogen and oxygen atoms in total. The molecule has 1 heterocycles. The van der Waals surface area contributed by atoms with E-state index in [2.05, 4.69) is 74.5 Å². The van der Waals surface area contributed by atoms with Gasteiger partial charge in [-0.3, -0.25) is 4.79 Å². The van der Waals surface area contributed by atoms with E-state index in [0.717, 1.165) is 24.1 Å². The Bertz CT molecular complexity index is 1420. The minimum atomic E-state index is -0.417. The van der Waals surface area contributed by atoms with E-state index in [-0.39, 0.29) is 37.1 Å². The number of carbonyl (C=O) groups excluding carboxylic acids is 1. The van der Waals surface area contributed by atoms with Crippen molar-refractivity contribution in [2.24, 2.45) is 10.8 Å². The van der Waals surface area contributed by atoms with Gasteiger partial charge >= 0.3 is 0 Å². The van der Waals surface area contributed by atoms with Crippen LogP contribution in [0, 0.1) is 16.9 Å². The molecule has 203 valence electrons. The van der Waals surface area contributed by atoms with Crippen LogP contribution in [0.2, 0.25) is 0 Å². The maximum absolute atomic E-state index is 11.5. The second-order valence-corrected chi connectivity index (χ2v) is 11.6. The first-order chi connectivity index (χ1) is 17.3. The number of benzene rings is 3. The standard InChI is InChI=1S/C23H20N.C11H20O2.Ir/c1-3-16-13-17(4-2)15-19(14-16)23-22-10-9-18-7-5-6-8-20(18)21(22)11-12-24-23;1-10(2,3)8(12)7-9(13)11(4,5)6;/h5-14H,3-4H2,1-2H3;7,12H,1-6H3;/q-1;;/b;8-7-;. The van der Waals surface area contributed by atoms with Gasteiger partial charge in [-0.1, -0.05) is 91.8 Å². The molecule has 38 heavy (non-hydrogen) atoms. The summed E-state index contributed by atoms with van der Waals surface area (Å²) in [5.41, 5.74) is 3.97. The first kappa shape index (κ1) is 31.4. The Labute approximate surface area is 241 Å². The van der Waals surface area contributed by atoms with E-state index in [0.29, 0.717) is 0 Å². The molecule has 1 N–H and O–H groups in total. The molecule has 0 spiro atoms. The van der Waals surface area contributed by atoms with Gasteiger partial charge < -0.3 is 10.1 Å². The van der Waals surface area contributed by atoms with E-state index in [1.54, 1.807) is 0 Å². The van der Waals surface area contributed by atoms with Gasteiger partial charge in [-0.05, 0) is 46.1 Å². The summed E-state index contributed by atoms with van der Waals surface area (Å²) in [4.78, 5) is 16.2. The second kappa shape index (κ2) is 12.8. The second-order valence-electron chi connectivity index (χ2n) is 11.6. The number of aliphatic hydroxyl groups is 1. The van der Waals surface area contributed by atoms with E-state index in [1.165, 1.54) is 38.7 Å². The molecule has 0 saturated heterocycles. The van der Waals surface area contributed by atoms with Crippen LogP contribution in [-0.2, 0) is 37.7 Å². The smallest absolute Gasteiger partial charge is 0.164 e. The molecule has 0 aliphatic carbocycles. The van der Waals surface area contributed by atoms with Crippen molar-refractivity contribution in [2.45, 2.75) is 68.2 Å². The molecule has 0 bridgehead atoms. The summed E-state index contributed by atoms with van der Waals surface area (Å²) in [5, 5.41) is 14.6. The van der Waals surface area contributed by atoms with Gasteiger partial charge in [0.05, 0.1) is 0 Å². The van der Waals surface area contributed by atoms with Gasteiger partial charge in [-0.15, -0.1) is 34.9 Å². The van der Waals surface area contributed by atoms with Crippen LogP contribution in [0.25, 0.3) is 32.8 Å². The molecule has 4 rings (SSSR count). The SMILES string of the molecule is CC(C)(C)C(=O)/C=C(\O)C(C)(C)C.CCc1[c-]c(-c2nccc3c2ccc2ccccc23)cc(CC)c1.[Ir]. The van der Waals surface area contributed by atoms with E-state index >= 15 is 0 Å². The molecule has 3 aromatic carbocycles. The monoisotopic (exact) mass is 687 g/mol. The van der Waals surface area contributed by atoms with Gasteiger partial charge in [0.1, 0.15) is 5.76 Å². The molecule has 1 aromatic heterocycles. The summed E-state index contributed by atoms with van der Waals surface area (Å²) in [6.07, 6.45) is 5.28. The van der Waals surface area contributed by atoms with Gasteiger partial charge in [0.2, 0.25) is 0 Å². The Hall–Kier alpha value is -2.81. The van der Waals surface area contributed by atoms with Crippen LogP contribution in [0.1, 0.15) is 66.5 Å².